The molecule has 1 aromatic rings. The van der Waals surface area contributed by atoms with E-state index >= 15 is 0 Å². The van der Waals surface area contributed by atoms with Crippen molar-refractivity contribution in [1.82, 2.24) is 5.32 Å². The van der Waals surface area contributed by atoms with E-state index in [4.69, 9.17) is 11.6 Å². The lowest BCUT2D eigenvalue weighted by molar-refractivity contribution is 0.182. The van der Waals surface area contributed by atoms with Gasteiger partial charge in [0.25, 0.3) is 0 Å². The van der Waals surface area contributed by atoms with Gasteiger partial charge in [0, 0.05) is 17.0 Å². The highest BCUT2D eigenvalue weighted by atomic mass is 35.5. The molecule has 0 aliphatic carbocycles. The van der Waals surface area contributed by atoms with Crippen LogP contribution in [0.4, 0.5) is 4.39 Å². The van der Waals surface area contributed by atoms with Gasteiger partial charge in [-0.05, 0) is 39.0 Å². The molecular formula is C13H19ClFNO2S. The van der Waals surface area contributed by atoms with Crippen molar-refractivity contribution < 1.29 is 13.7 Å². The lowest BCUT2D eigenvalue weighted by atomic mass is 10.1. The predicted molar refractivity (Wildman–Crippen MR) is 76.4 cm³/mol. The first-order valence-corrected chi connectivity index (χ1v) is 7.65. The Morgan fingerprint density at radius 2 is 2.11 bits per heavy atom. The maximum Gasteiger partial charge on any atom is 0.141 e. The van der Waals surface area contributed by atoms with E-state index in [0.717, 1.165) is 0 Å². The summed E-state index contributed by atoms with van der Waals surface area (Å²) in [5, 5.41) is 12.9. The van der Waals surface area contributed by atoms with Gasteiger partial charge in [-0.1, -0.05) is 11.6 Å². The zero-order chi connectivity index (χ0) is 14.6. The summed E-state index contributed by atoms with van der Waals surface area (Å²) in [7, 11) is -1.40. The van der Waals surface area contributed by atoms with Crippen LogP contribution in [0.5, 0.6) is 0 Å². The van der Waals surface area contributed by atoms with Gasteiger partial charge >= 0.3 is 0 Å². The minimum absolute atomic E-state index is 0.0619. The molecule has 0 saturated carbocycles. The van der Waals surface area contributed by atoms with Gasteiger partial charge in [0.15, 0.2) is 0 Å². The first-order chi connectivity index (χ1) is 8.69. The van der Waals surface area contributed by atoms with Gasteiger partial charge in [0.2, 0.25) is 0 Å². The molecule has 0 saturated heterocycles. The van der Waals surface area contributed by atoms with Crippen LogP contribution < -0.4 is 5.32 Å². The van der Waals surface area contributed by atoms with E-state index in [2.05, 4.69) is 5.32 Å². The maximum absolute atomic E-state index is 13.0. The maximum atomic E-state index is 13.0. The highest BCUT2D eigenvalue weighted by Gasteiger charge is 2.16. The van der Waals surface area contributed by atoms with E-state index in [1.807, 2.05) is 20.8 Å². The molecule has 1 aromatic carbocycles. The Morgan fingerprint density at radius 3 is 2.63 bits per heavy atom. The lowest BCUT2D eigenvalue weighted by Gasteiger charge is -2.22. The molecule has 0 aliphatic rings. The molecule has 0 aliphatic heterocycles. The zero-order valence-electron chi connectivity index (χ0n) is 11.2. The summed E-state index contributed by atoms with van der Waals surface area (Å²) in [4.78, 5) is 0.418. The van der Waals surface area contributed by atoms with Gasteiger partial charge in [-0.3, -0.25) is 4.21 Å². The van der Waals surface area contributed by atoms with Gasteiger partial charge in [-0.25, -0.2) is 4.39 Å². The summed E-state index contributed by atoms with van der Waals surface area (Å²) in [6, 6.07) is 3.92. The second-order valence-electron chi connectivity index (χ2n) is 5.37. The second kappa shape index (κ2) is 6.79. The SMILES string of the molecule is CC(C)(C)NCC(O)CS(=O)c1ccc(F)c(Cl)c1. The van der Waals surface area contributed by atoms with Crippen LogP contribution in [0, 0.1) is 5.82 Å². The Bertz CT molecular complexity index is 462. The zero-order valence-corrected chi connectivity index (χ0v) is 12.8. The molecule has 0 spiro atoms. The smallest absolute Gasteiger partial charge is 0.141 e. The Kier molecular flexibility index (Phi) is 5.92. The normalized spacial score (nSPS) is 15.3. The molecule has 2 N–H and O–H groups in total. The van der Waals surface area contributed by atoms with E-state index in [1.165, 1.54) is 18.2 Å². The largest absolute Gasteiger partial charge is 0.391 e. The number of nitrogens with one attached hydrogen (secondary N) is 1. The van der Waals surface area contributed by atoms with Crippen LogP contribution in [0.1, 0.15) is 20.8 Å². The summed E-state index contributed by atoms with van der Waals surface area (Å²) in [5.74, 6) is -0.456. The number of rotatable bonds is 5. The van der Waals surface area contributed by atoms with E-state index in [9.17, 15) is 13.7 Å². The fraction of sp³-hybridized carbons (Fsp3) is 0.538. The van der Waals surface area contributed by atoms with Crippen LogP contribution in [-0.4, -0.2) is 33.3 Å². The molecule has 0 bridgehead atoms. The average Bonchev–Trinajstić information content (AvgIpc) is 2.29. The summed E-state index contributed by atoms with van der Waals surface area (Å²) in [5.41, 5.74) is -0.109. The minimum Gasteiger partial charge on any atom is -0.391 e. The van der Waals surface area contributed by atoms with Crippen molar-refractivity contribution in [2.45, 2.75) is 37.3 Å². The molecule has 108 valence electrons. The molecule has 0 amide bonds. The van der Waals surface area contributed by atoms with Gasteiger partial charge in [-0.2, -0.15) is 0 Å². The Balaban J connectivity index is 2.57. The lowest BCUT2D eigenvalue weighted by Crippen LogP contribution is -2.42. The number of aliphatic hydroxyl groups is 1. The molecule has 0 aromatic heterocycles. The fourth-order valence-electron chi connectivity index (χ4n) is 1.37. The van der Waals surface area contributed by atoms with Crippen molar-refractivity contribution in [3.63, 3.8) is 0 Å². The van der Waals surface area contributed by atoms with Crippen molar-refractivity contribution >= 4 is 22.4 Å². The van der Waals surface area contributed by atoms with Crippen molar-refractivity contribution in [1.29, 1.82) is 0 Å². The number of hydrogen-bond donors (Lipinski definition) is 2. The third-order valence-corrected chi connectivity index (χ3v) is 4.12. The molecular weight excluding hydrogens is 289 g/mol. The molecule has 2 unspecified atom stereocenters. The number of benzene rings is 1. The summed E-state index contributed by atoms with van der Waals surface area (Å²) in [6.07, 6.45) is -0.733. The van der Waals surface area contributed by atoms with Gasteiger partial charge in [-0.15, -0.1) is 0 Å². The molecule has 0 fully saturated rings. The van der Waals surface area contributed by atoms with Gasteiger partial charge in [0.1, 0.15) is 5.82 Å². The molecule has 6 heteroatoms. The van der Waals surface area contributed by atoms with E-state index < -0.39 is 22.7 Å². The summed E-state index contributed by atoms with van der Waals surface area (Å²) >= 11 is 5.63. The van der Waals surface area contributed by atoms with Gasteiger partial charge < -0.3 is 10.4 Å². The quantitative estimate of drug-likeness (QED) is 0.878. The van der Waals surface area contributed by atoms with E-state index in [1.54, 1.807) is 0 Å². The third kappa shape index (κ3) is 5.99. The topological polar surface area (TPSA) is 49.3 Å². The summed E-state index contributed by atoms with van der Waals surface area (Å²) in [6.45, 7) is 6.30. The Hall–Kier alpha value is -0.490. The van der Waals surface area contributed by atoms with Crippen molar-refractivity contribution in [3.8, 4) is 0 Å². The summed E-state index contributed by atoms with van der Waals surface area (Å²) < 4.78 is 25.0. The average molecular weight is 308 g/mol. The number of hydrogen-bond acceptors (Lipinski definition) is 3. The molecule has 2 atom stereocenters. The van der Waals surface area contributed by atoms with E-state index in [0.29, 0.717) is 11.4 Å². The van der Waals surface area contributed by atoms with Crippen molar-refractivity contribution in [2.75, 3.05) is 12.3 Å². The first kappa shape index (κ1) is 16.6. The van der Waals surface area contributed by atoms with Crippen LogP contribution in [0.25, 0.3) is 0 Å². The first-order valence-electron chi connectivity index (χ1n) is 5.95. The molecule has 1 rings (SSSR count). The molecule has 0 radical (unpaired) electrons. The minimum atomic E-state index is -1.40. The van der Waals surface area contributed by atoms with Crippen LogP contribution >= 0.6 is 11.6 Å². The fourth-order valence-corrected chi connectivity index (χ4v) is 2.75. The monoisotopic (exact) mass is 307 g/mol. The molecule has 3 nitrogen and oxygen atoms in total. The Morgan fingerprint density at radius 1 is 1.47 bits per heavy atom. The van der Waals surface area contributed by atoms with Crippen molar-refractivity contribution in [2.24, 2.45) is 0 Å². The van der Waals surface area contributed by atoms with Crippen LogP contribution in [0.2, 0.25) is 5.02 Å². The van der Waals surface area contributed by atoms with Crippen LogP contribution in [0.3, 0.4) is 0 Å². The van der Waals surface area contributed by atoms with Crippen LogP contribution in [-0.2, 0) is 10.8 Å². The predicted octanol–water partition coefficient (Wildman–Crippen LogP) is 2.34. The molecule has 19 heavy (non-hydrogen) atoms. The van der Waals surface area contributed by atoms with Crippen LogP contribution in [0.15, 0.2) is 23.1 Å². The number of halogens is 2. The molecule has 0 heterocycles. The highest BCUT2D eigenvalue weighted by Crippen LogP contribution is 2.18. The van der Waals surface area contributed by atoms with Gasteiger partial charge in [0.05, 0.1) is 27.7 Å². The number of aliphatic hydroxyl groups excluding tert-OH is 1. The van der Waals surface area contributed by atoms with E-state index in [-0.39, 0.29) is 16.3 Å². The van der Waals surface area contributed by atoms with Crippen molar-refractivity contribution in [3.05, 3.63) is 29.0 Å². The Labute approximate surface area is 120 Å². The third-order valence-electron chi connectivity index (χ3n) is 2.37. The highest BCUT2D eigenvalue weighted by molar-refractivity contribution is 7.85. The standard InChI is InChI=1S/C13H19ClFNO2S/c1-13(2,3)16-7-9(17)8-19(18)10-4-5-12(15)11(14)6-10/h4-6,9,16-17H,7-8H2,1-3H3. The second-order valence-corrected chi connectivity index (χ2v) is 7.28. The number of β-amino-alcohol motifs (C(OH)–C–C–N with tert-alkyl or cyclic N) is 1.